The predicted octanol–water partition coefficient (Wildman–Crippen LogP) is 0.888. The Morgan fingerprint density at radius 3 is 2.00 bits per heavy atom. The van der Waals surface area contributed by atoms with Crippen molar-refractivity contribution in [1.82, 2.24) is 0 Å². The van der Waals surface area contributed by atoms with E-state index in [9.17, 15) is 9.59 Å². The molecule has 0 saturated heterocycles. The van der Waals surface area contributed by atoms with Crippen LogP contribution in [-0.4, -0.2) is 26.2 Å². The van der Waals surface area contributed by atoms with E-state index in [0.29, 0.717) is 0 Å². The lowest BCUT2D eigenvalue weighted by Crippen LogP contribution is -2.39. The third kappa shape index (κ3) is 2.94. The molecule has 1 atom stereocenters. The van der Waals surface area contributed by atoms with Crippen LogP contribution in [0.2, 0.25) is 0 Å². The highest BCUT2D eigenvalue weighted by Crippen LogP contribution is 2.29. The molecule has 0 aromatic carbocycles. The minimum atomic E-state index is -1.40. The molecule has 0 radical (unpaired) electrons. The van der Waals surface area contributed by atoms with Gasteiger partial charge in [-0.3, -0.25) is 9.59 Å². The number of ether oxygens (including phenoxy) is 2. The van der Waals surface area contributed by atoms with Crippen molar-refractivity contribution in [3.05, 3.63) is 0 Å². The summed E-state index contributed by atoms with van der Waals surface area (Å²) < 4.78 is 9.07. The van der Waals surface area contributed by atoms with Crippen molar-refractivity contribution in [1.29, 1.82) is 5.26 Å². The molecule has 0 fully saturated rings. The molecule has 0 aromatic rings. The van der Waals surface area contributed by atoms with Crippen LogP contribution in [0, 0.1) is 22.7 Å². The SMILES string of the molecule is COC(=O)C(C)(CC(C)C#N)C(=O)OC. The summed E-state index contributed by atoms with van der Waals surface area (Å²) in [4.78, 5) is 22.9. The summed E-state index contributed by atoms with van der Waals surface area (Å²) in [6, 6.07) is 1.96. The second-order valence-corrected chi connectivity index (χ2v) is 3.55. The van der Waals surface area contributed by atoms with E-state index in [1.54, 1.807) is 6.92 Å². The topological polar surface area (TPSA) is 76.4 Å². The van der Waals surface area contributed by atoms with Crippen LogP contribution in [0.1, 0.15) is 20.3 Å². The summed E-state index contributed by atoms with van der Waals surface area (Å²) >= 11 is 0. The summed E-state index contributed by atoms with van der Waals surface area (Å²) in [6.07, 6.45) is 0.0862. The average molecular weight is 213 g/mol. The van der Waals surface area contributed by atoms with E-state index in [0.717, 1.165) is 0 Å². The Bertz CT molecular complexity index is 276. The fourth-order valence-electron chi connectivity index (χ4n) is 1.36. The lowest BCUT2D eigenvalue weighted by atomic mass is 9.82. The molecular formula is C10H15NO4. The summed E-state index contributed by atoms with van der Waals surface area (Å²) in [5.74, 6) is -1.79. The Kier molecular flexibility index (Phi) is 4.79. The van der Waals surface area contributed by atoms with Crippen molar-refractivity contribution in [2.75, 3.05) is 14.2 Å². The Morgan fingerprint density at radius 2 is 1.73 bits per heavy atom. The van der Waals surface area contributed by atoms with Gasteiger partial charge in [0.2, 0.25) is 0 Å². The van der Waals surface area contributed by atoms with Gasteiger partial charge in [-0.05, 0) is 20.3 Å². The standard InChI is InChI=1S/C10H15NO4/c1-7(6-11)5-10(2,8(12)14-3)9(13)15-4/h7H,5H2,1-4H3. The maximum Gasteiger partial charge on any atom is 0.322 e. The van der Waals surface area contributed by atoms with Crippen molar-refractivity contribution >= 4 is 11.9 Å². The Morgan fingerprint density at radius 1 is 1.33 bits per heavy atom. The molecular weight excluding hydrogens is 198 g/mol. The average Bonchev–Trinajstić information content (AvgIpc) is 2.25. The molecule has 0 rings (SSSR count). The predicted molar refractivity (Wildman–Crippen MR) is 51.5 cm³/mol. The van der Waals surface area contributed by atoms with E-state index in [1.807, 2.05) is 6.07 Å². The molecule has 5 heteroatoms. The first-order chi connectivity index (χ1) is 6.92. The van der Waals surface area contributed by atoms with E-state index < -0.39 is 23.3 Å². The Balaban J connectivity index is 4.96. The summed E-state index contributed by atoms with van der Waals surface area (Å²) in [5.41, 5.74) is -1.40. The monoisotopic (exact) mass is 213 g/mol. The fraction of sp³-hybridized carbons (Fsp3) is 0.700. The second-order valence-electron chi connectivity index (χ2n) is 3.55. The van der Waals surface area contributed by atoms with Gasteiger partial charge in [0, 0.05) is 5.92 Å². The highest BCUT2D eigenvalue weighted by Gasteiger charge is 2.44. The molecule has 0 N–H and O–H groups in total. The van der Waals surface area contributed by atoms with Crippen molar-refractivity contribution in [2.45, 2.75) is 20.3 Å². The molecule has 0 saturated carbocycles. The van der Waals surface area contributed by atoms with Crippen LogP contribution in [-0.2, 0) is 19.1 Å². The molecule has 1 unspecified atom stereocenters. The third-order valence-corrected chi connectivity index (χ3v) is 2.21. The van der Waals surface area contributed by atoms with Gasteiger partial charge >= 0.3 is 11.9 Å². The zero-order valence-corrected chi connectivity index (χ0v) is 9.36. The van der Waals surface area contributed by atoms with E-state index in [4.69, 9.17) is 5.26 Å². The normalized spacial score (nSPS) is 12.5. The number of hydrogen-bond acceptors (Lipinski definition) is 5. The van der Waals surface area contributed by atoms with Gasteiger partial charge in [-0.25, -0.2) is 0 Å². The molecule has 0 bridgehead atoms. The number of carbonyl (C=O) groups excluding carboxylic acids is 2. The van der Waals surface area contributed by atoms with Gasteiger partial charge in [-0.2, -0.15) is 5.26 Å². The van der Waals surface area contributed by atoms with Gasteiger partial charge in [0.05, 0.1) is 20.3 Å². The zero-order chi connectivity index (χ0) is 12.1. The zero-order valence-electron chi connectivity index (χ0n) is 9.36. The first kappa shape index (κ1) is 13.4. The smallest absolute Gasteiger partial charge is 0.322 e. The number of nitrogens with zero attached hydrogens (tertiary/aromatic N) is 1. The highest BCUT2D eigenvalue weighted by molar-refractivity contribution is 5.99. The number of nitriles is 1. The van der Waals surface area contributed by atoms with Crippen LogP contribution >= 0.6 is 0 Å². The van der Waals surface area contributed by atoms with Crippen molar-refractivity contribution in [3.8, 4) is 6.07 Å². The third-order valence-electron chi connectivity index (χ3n) is 2.21. The molecule has 0 heterocycles. The minimum absolute atomic E-state index is 0.0862. The van der Waals surface area contributed by atoms with Crippen LogP contribution in [0.4, 0.5) is 0 Å². The Labute approximate surface area is 89.0 Å². The fourth-order valence-corrected chi connectivity index (χ4v) is 1.36. The van der Waals surface area contributed by atoms with Crippen LogP contribution in [0.3, 0.4) is 0 Å². The largest absolute Gasteiger partial charge is 0.468 e. The number of carbonyl (C=O) groups is 2. The molecule has 15 heavy (non-hydrogen) atoms. The molecule has 0 aliphatic heterocycles. The van der Waals surface area contributed by atoms with Gasteiger partial charge in [0.15, 0.2) is 5.41 Å². The summed E-state index contributed by atoms with van der Waals surface area (Å²) in [7, 11) is 2.39. The molecule has 0 amide bonds. The van der Waals surface area contributed by atoms with Crippen molar-refractivity contribution in [3.63, 3.8) is 0 Å². The lowest BCUT2D eigenvalue weighted by Gasteiger charge is -2.24. The van der Waals surface area contributed by atoms with Gasteiger partial charge in [0.1, 0.15) is 0 Å². The molecule has 84 valence electrons. The van der Waals surface area contributed by atoms with E-state index in [1.165, 1.54) is 21.1 Å². The van der Waals surface area contributed by atoms with Gasteiger partial charge in [0.25, 0.3) is 0 Å². The quantitative estimate of drug-likeness (QED) is 0.512. The van der Waals surface area contributed by atoms with E-state index in [-0.39, 0.29) is 6.42 Å². The maximum absolute atomic E-state index is 11.5. The van der Waals surface area contributed by atoms with E-state index in [2.05, 4.69) is 9.47 Å². The number of hydrogen-bond donors (Lipinski definition) is 0. The van der Waals surface area contributed by atoms with Crippen LogP contribution in [0.25, 0.3) is 0 Å². The molecule has 0 spiro atoms. The summed E-state index contributed by atoms with van der Waals surface area (Å²) in [5, 5.41) is 8.65. The lowest BCUT2D eigenvalue weighted by molar-refractivity contribution is -0.168. The highest BCUT2D eigenvalue weighted by atomic mass is 16.5. The molecule has 0 aliphatic carbocycles. The summed E-state index contributed by atoms with van der Waals surface area (Å²) in [6.45, 7) is 3.04. The van der Waals surface area contributed by atoms with Crippen molar-refractivity contribution < 1.29 is 19.1 Å². The van der Waals surface area contributed by atoms with Gasteiger partial charge in [-0.1, -0.05) is 0 Å². The minimum Gasteiger partial charge on any atom is -0.468 e. The first-order valence-corrected chi connectivity index (χ1v) is 4.48. The van der Waals surface area contributed by atoms with Crippen LogP contribution in [0.15, 0.2) is 0 Å². The second kappa shape index (κ2) is 5.35. The number of rotatable bonds is 4. The Hall–Kier alpha value is -1.57. The number of esters is 2. The molecule has 0 aromatic heterocycles. The molecule has 0 aliphatic rings. The number of methoxy groups -OCH3 is 2. The van der Waals surface area contributed by atoms with Gasteiger partial charge < -0.3 is 9.47 Å². The van der Waals surface area contributed by atoms with Crippen LogP contribution in [0.5, 0.6) is 0 Å². The van der Waals surface area contributed by atoms with Crippen LogP contribution < -0.4 is 0 Å². The maximum atomic E-state index is 11.5. The van der Waals surface area contributed by atoms with Crippen molar-refractivity contribution in [2.24, 2.45) is 11.3 Å². The van der Waals surface area contributed by atoms with E-state index >= 15 is 0 Å². The molecule has 5 nitrogen and oxygen atoms in total. The van der Waals surface area contributed by atoms with Gasteiger partial charge in [-0.15, -0.1) is 0 Å². The first-order valence-electron chi connectivity index (χ1n) is 4.48.